The second-order valence-corrected chi connectivity index (χ2v) is 8.76. The Morgan fingerprint density at radius 3 is 2.52 bits per heavy atom. The van der Waals surface area contributed by atoms with Gasteiger partial charge in [0.05, 0.1) is 17.1 Å². The molecule has 3 rings (SSSR count). The lowest BCUT2D eigenvalue weighted by molar-refractivity contribution is 0.102. The summed E-state index contributed by atoms with van der Waals surface area (Å²) < 4.78 is 38.2. The monoisotopic (exact) mass is 554 g/mol. The Bertz CT molecular complexity index is 1540. The number of nitrogens with zero attached hydrogens (tertiary/aromatic N) is 4. The number of rotatable bonds is 9. The molecule has 0 aliphatic carbocycles. The highest BCUT2D eigenvalue weighted by Crippen LogP contribution is 2.30. The molecule has 0 unspecified atom stereocenters. The number of anilines is 2. The molecule has 40 heavy (non-hydrogen) atoms. The number of carbonyl (C=O) groups excluding carboxylic acids is 2. The Hall–Kier alpha value is -4.74. The van der Waals surface area contributed by atoms with Crippen molar-refractivity contribution >= 4 is 29.1 Å². The van der Waals surface area contributed by atoms with Crippen LogP contribution in [0.1, 0.15) is 43.2 Å². The summed E-state index contributed by atoms with van der Waals surface area (Å²) in [4.78, 5) is 43.7. The molecule has 2 heterocycles. The minimum atomic E-state index is -0.981. The molecule has 0 aliphatic rings. The lowest BCUT2D eigenvalue weighted by atomic mass is 10.2. The number of urea groups is 1. The second-order valence-electron chi connectivity index (χ2n) is 8.76. The highest BCUT2D eigenvalue weighted by molar-refractivity contribution is 6.05. The van der Waals surface area contributed by atoms with E-state index in [2.05, 4.69) is 15.6 Å². The van der Waals surface area contributed by atoms with Crippen LogP contribution < -0.4 is 20.9 Å². The standard InChI is InChI=1S/C28H32F2N6O4/c1-7-10-11-18(8-2)36-27(38)25(17(4)35(36)6)26(37)32-22-15-21(30)23(16-20(22)29)40-19-12-13-31-24(14-19)33-28(39)34(5)9-3/h8,10-16H,7,9H2,1-6H3,(H,32,37)(H,31,33,39)/b11-10-,18-8+. The van der Waals surface area contributed by atoms with Gasteiger partial charge in [0, 0.05) is 45.0 Å². The summed E-state index contributed by atoms with van der Waals surface area (Å²) >= 11 is 0. The zero-order chi connectivity index (χ0) is 29.6. The molecule has 0 bridgehead atoms. The number of hydrogen-bond donors (Lipinski definition) is 2. The predicted octanol–water partition coefficient (Wildman–Crippen LogP) is 5.52. The second kappa shape index (κ2) is 12.9. The first-order valence-electron chi connectivity index (χ1n) is 12.6. The number of allylic oxidation sites excluding steroid dienone is 4. The fourth-order valence-electron chi connectivity index (χ4n) is 3.69. The minimum absolute atomic E-state index is 0.0944. The van der Waals surface area contributed by atoms with E-state index < -0.39 is 40.6 Å². The quantitative estimate of drug-likeness (QED) is 0.338. The van der Waals surface area contributed by atoms with E-state index in [1.165, 1.54) is 32.6 Å². The maximum absolute atomic E-state index is 15.0. The highest BCUT2D eigenvalue weighted by Gasteiger charge is 2.24. The molecule has 10 nitrogen and oxygen atoms in total. The van der Waals surface area contributed by atoms with Gasteiger partial charge in [-0.15, -0.1) is 0 Å². The van der Waals surface area contributed by atoms with E-state index in [1.807, 2.05) is 13.0 Å². The van der Waals surface area contributed by atoms with Gasteiger partial charge in [-0.1, -0.05) is 19.1 Å². The summed E-state index contributed by atoms with van der Waals surface area (Å²) in [5.74, 6) is -3.04. The number of aromatic nitrogens is 3. The van der Waals surface area contributed by atoms with Crippen molar-refractivity contribution in [1.29, 1.82) is 0 Å². The maximum atomic E-state index is 15.0. The van der Waals surface area contributed by atoms with Crippen LogP contribution in [0.5, 0.6) is 11.5 Å². The number of carbonyl (C=O) groups is 2. The molecule has 3 amide bonds. The lowest BCUT2D eigenvalue weighted by Gasteiger charge is -2.15. The number of hydrogen-bond acceptors (Lipinski definition) is 5. The van der Waals surface area contributed by atoms with Crippen molar-refractivity contribution in [3.63, 3.8) is 0 Å². The molecule has 2 aromatic heterocycles. The highest BCUT2D eigenvalue weighted by atomic mass is 19.1. The molecular weight excluding hydrogens is 522 g/mol. The Morgan fingerprint density at radius 1 is 1.15 bits per heavy atom. The van der Waals surface area contributed by atoms with E-state index in [9.17, 15) is 23.2 Å². The Kier molecular flexibility index (Phi) is 9.59. The number of benzene rings is 1. The first-order chi connectivity index (χ1) is 19.0. The van der Waals surface area contributed by atoms with Gasteiger partial charge in [0.25, 0.3) is 11.5 Å². The van der Waals surface area contributed by atoms with Gasteiger partial charge in [-0.3, -0.25) is 19.6 Å². The van der Waals surface area contributed by atoms with E-state index in [-0.39, 0.29) is 17.1 Å². The molecule has 0 atom stereocenters. The number of amides is 3. The number of nitrogens with one attached hydrogen (secondary N) is 2. The van der Waals surface area contributed by atoms with Crippen molar-refractivity contribution in [3.8, 4) is 11.5 Å². The molecule has 0 radical (unpaired) electrons. The van der Waals surface area contributed by atoms with E-state index in [1.54, 1.807) is 47.0 Å². The van der Waals surface area contributed by atoms with Crippen LogP contribution in [0.15, 0.2) is 53.5 Å². The largest absolute Gasteiger partial charge is 0.454 e. The molecule has 0 saturated heterocycles. The summed E-state index contributed by atoms with van der Waals surface area (Å²) in [6.07, 6.45) is 7.46. The molecule has 0 aliphatic heterocycles. The summed E-state index contributed by atoms with van der Waals surface area (Å²) in [5.41, 5.74) is -0.360. The fraction of sp³-hybridized carbons (Fsp3) is 0.286. The molecule has 2 N–H and O–H groups in total. The van der Waals surface area contributed by atoms with Crippen LogP contribution in [0.2, 0.25) is 0 Å². The van der Waals surface area contributed by atoms with Crippen molar-refractivity contribution in [2.24, 2.45) is 7.05 Å². The number of pyridine rings is 1. The van der Waals surface area contributed by atoms with E-state index in [4.69, 9.17) is 4.74 Å². The van der Waals surface area contributed by atoms with Crippen molar-refractivity contribution < 1.29 is 23.1 Å². The average molecular weight is 555 g/mol. The molecular formula is C28H32F2N6O4. The summed E-state index contributed by atoms with van der Waals surface area (Å²) in [6.45, 7) is 7.58. The SMILES string of the molecule is C/C=C(\C=C/CC)n1c(=O)c(C(=O)Nc2cc(F)c(Oc3ccnc(NC(=O)N(C)CC)c3)cc2F)c(C)n1C. The van der Waals surface area contributed by atoms with Crippen LogP contribution in [0.25, 0.3) is 5.70 Å². The van der Waals surface area contributed by atoms with Gasteiger partial charge in [0.2, 0.25) is 0 Å². The van der Waals surface area contributed by atoms with Crippen LogP contribution >= 0.6 is 0 Å². The Morgan fingerprint density at radius 2 is 1.88 bits per heavy atom. The summed E-state index contributed by atoms with van der Waals surface area (Å²) in [5, 5.41) is 4.86. The number of ether oxygens (including phenoxy) is 1. The van der Waals surface area contributed by atoms with Gasteiger partial charge in [-0.25, -0.2) is 23.2 Å². The van der Waals surface area contributed by atoms with Crippen LogP contribution in [0, 0.1) is 18.6 Å². The van der Waals surface area contributed by atoms with Crippen LogP contribution in [0.3, 0.4) is 0 Å². The smallest absolute Gasteiger partial charge is 0.322 e. The van der Waals surface area contributed by atoms with Gasteiger partial charge in [0.15, 0.2) is 17.4 Å². The van der Waals surface area contributed by atoms with Crippen LogP contribution in [-0.2, 0) is 7.05 Å². The third-order valence-corrected chi connectivity index (χ3v) is 6.13. The zero-order valence-corrected chi connectivity index (χ0v) is 23.2. The van der Waals surface area contributed by atoms with Crippen molar-refractivity contribution in [3.05, 3.63) is 81.9 Å². The van der Waals surface area contributed by atoms with Gasteiger partial charge >= 0.3 is 6.03 Å². The maximum Gasteiger partial charge on any atom is 0.322 e. The van der Waals surface area contributed by atoms with E-state index in [0.717, 1.165) is 18.6 Å². The van der Waals surface area contributed by atoms with Gasteiger partial charge in [-0.05, 0) is 39.3 Å². The normalized spacial score (nSPS) is 11.6. The van der Waals surface area contributed by atoms with Gasteiger partial charge < -0.3 is 15.0 Å². The van der Waals surface area contributed by atoms with Gasteiger partial charge in [-0.2, -0.15) is 0 Å². The summed E-state index contributed by atoms with van der Waals surface area (Å²) in [7, 11) is 3.23. The van der Waals surface area contributed by atoms with E-state index in [0.29, 0.717) is 17.9 Å². The van der Waals surface area contributed by atoms with Gasteiger partial charge in [0.1, 0.15) is 17.1 Å². The molecule has 212 valence electrons. The molecule has 0 fully saturated rings. The average Bonchev–Trinajstić information content (AvgIpc) is 3.14. The molecule has 1 aromatic carbocycles. The fourth-order valence-corrected chi connectivity index (χ4v) is 3.69. The third kappa shape index (κ3) is 6.45. The number of halogens is 2. The predicted molar refractivity (Wildman–Crippen MR) is 150 cm³/mol. The van der Waals surface area contributed by atoms with Crippen molar-refractivity contribution in [2.45, 2.75) is 34.1 Å². The molecule has 3 aromatic rings. The molecule has 12 heteroatoms. The van der Waals surface area contributed by atoms with Crippen LogP contribution in [0.4, 0.5) is 25.1 Å². The first-order valence-corrected chi connectivity index (χ1v) is 12.6. The Labute approximate surface area is 230 Å². The van der Waals surface area contributed by atoms with Crippen LogP contribution in [-0.4, -0.2) is 44.8 Å². The van der Waals surface area contributed by atoms with E-state index >= 15 is 0 Å². The topological polar surface area (TPSA) is 110 Å². The minimum Gasteiger partial charge on any atom is -0.454 e. The molecule has 0 spiro atoms. The van der Waals surface area contributed by atoms with Crippen molar-refractivity contribution in [1.82, 2.24) is 19.2 Å². The third-order valence-electron chi connectivity index (χ3n) is 6.13. The van der Waals surface area contributed by atoms with Crippen molar-refractivity contribution in [2.75, 3.05) is 24.2 Å². The lowest BCUT2D eigenvalue weighted by Crippen LogP contribution is -2.31. The summed E-state index contributed by atoms with van der Waals surface area (Å²) in [6, 6.07) is 3.90. The Balaban J connectivity index is 1.84. The first kappa shape index (κ1) is 29.8. The molecule has 0 saturated carbocycles. The zero-order valence-electron chi connectivity index (χ0n) is 23.2.